The average molecular weight is 272 g/mol. The van der Waals surface area contributed by atoms with Crippen LogP contribution in [0.1, 0.15) is 29.4 Å². The summed E-state index contributed by atoms with van der Waals surface area (Å²) in [4.78, 5) is 8.31. The number of thiazole rings is 1. The van der Waals surface area contributed by atoms with Crippen molar-refractivity contribution in [2.24, 2.45) is 0 Å². The van der Waals surface area contributed by atoms with Crippen LogP contribution in [-0.4, -0.2) is 37.7 Å². The molecule has 1 aliphatic rings. The summed E-state index contributed by atoms with van der Waals surface area (Å²) in [7, 11) is -0.648. The van der Waals surface area contributed by atoms with Crippen molar-refractivity contribution in [3.63, 3.8) is 0 Å². The Balaban J connectivity index is 2.13. The standard InChI is InChI=1S/C12H20N2OS2/c1-9-11(13-10(2)16-9)7-14-5-6-17(15)8-12(14,3)4/h5-8H2,1-4H3. The van der Waals surface area contributed by atoms with Gasteiger partial charge >= 0.3 is 0 Å². The molecule has 5 heteroatoms. The largest absolute Gasteiger partial charge is 0.291 e. The fourth-order valence-corrected chi connectivity index (χ4v) is 4.63. The summed E-state index contributed by atoms with van der Waals surface area (Å²) in [5, 5.41) is 1.14. The van der Waals surface area contributed by atoms with Gasteiger partial charge in [-0.2, -0.15) is 0 Å². The van der Waals surface area contributed by atoms with E-state index in [4.69, 9.17) is 0 Å². The van der Waals surface area contributed by atoms with Gasteiger partial charge in [0.2, 0.25) is 0 Å². The quantitative estimate of drug-likeness (QED) is 0.826. The molecule has 3 nitrogen and oxygen atoms in total. The lowest BCUT2D eigenvalue weighted by molar-refractivity contribution is 0.132. The van der Waals surface area contributed by atoms with Crippen LogP contribution in [-0.2, 0) is 17.3 Å². The summed E-state index contributed by atoms with van der Waals surface area (Å²) in [6.07, 6.45) is 0. The van der Waals surface area contributed by atoms with Crippen LogP contribution in [0.2, 0.25) is 0 Å². The normalized spacial score (nSPS) is 25.1. The molecule has 2 rings (SSSR count). The maximum Gasteiger partial charge on any atom is 0.0900 e. The number of hydrogen-bond acceptors (Lipinski definition) is 4. The van der Waals surface area contributed by atoms with Gasteiger partial charge in [0.25, 0.3) is 0 Å². The summed E-state index contributed by atoms with van der Waals surface area (Å²) >= 11 is 1.76. The highest BCUT2D eigenvalue weighted by Crippen LogP contribution is 2.25. The Labute approximate surface area is 110 Å². The van der Waals surface area contributed by atoms with Gasteiger partial charge in [0.15, 0.2) is 0 Å². The SMILES string of the molecule is Cc1nc(CN2CCS(=O)CC2(C)C)c(C)s1. The molecule has 1 aliphatic heterocycles. The molecule has 17 heavy (non-hydrogen) atoms. The van der Waals surface area contributed by atoms with E-state index in [1.807, 2.05) is 0 Å². The second kappa shape index (κ2) is 4.78. The van der Waals surface area contributed by atoms with Crippen molar-refractivity contribution >= 4 is 22.1 Å². The Hall–Kier alpha value is -0.260. The first-order valence-electron chi connectivity index (χ1n) is 5.91. The molecule has 1 aromatic heterocycles. The highest BCUT2D eigenvalue weighted by molar-refractivity contribution is 7.85. The Kier molecular flexibility index (Phi) is 3.71. The zero-order valence-electron chi connectivity index (χ0n) is 10.9. The van der Waals surface area contributed by atoms with Crippen LogP contribution in [0.25, 0.3) is 0 Å². The summed E-state index contributed by atoms with van der Waals surface area (Å²) in [6.45, 7) is 10.3. The van der Waals surface area contributed by atoms with Crippen LogP contribution in [0.3, 0.4) is 0 Å². The molecule has 1 aromatic rings. The van der Waals surface area contributed by atoms with E-state index in [-0.39, 0.29) is 5.54 Å². The first-order valence-corrected chi connectivity index (χ1v) is 8.22. The van der Waals surface area contributed by atoms with Gasteiger partial charge in [-0.15, -0.1) is 11.3 Å². The van der Waals surface area contributed by atoms with E-state index in [1.165, 1.54) is 10.6 Å². The van der Waals surface area contributed by atoms with Crippen molar-refractivity contribution in [3.8, 4) is 0 Å². The number of aromatic nitrogens is 1. The summed E-state index contributed by atoms with van der Waals surface area (Å²) in [5.74, 6) is 1.57. The zero-order chi connectivity index (χ0) is 12.6. The van der Waals surface area contributed by atoms with Gasteiger partial charge in [0.1, 0.15) is 0 Å². The van der Waals surface area contributed by atoms with Crippen molar-refractivity contribution in [2.75, 3.05) is 18.1 Å². The van der Waals surface area contributed by atoms with Gasteiger partial charge in [-0.3, -0.25) is 9.11 Å². The molecule has 0 aliphatic carbocycles. The van der Waals surface area contributed by atoms with E-state index in [9.17, 15) is 4.21 Å². The van der Waals surface area contributed by atoms with Crippen LogP contribution < -0.4 is 0 Å². The predicted octanol–water partition coefficient (Wildman–Crippen LogP) is 2.10. The van der Waals surface area contributed by atoms with E-state index in [0.29, 0.717) is 0 Å². The lowest BCUT2D eigenvalue weighted by atomic mass is 10.1. The highest BCUT2D eigenvalue weighted by Gasteiger charge is 2.33. The monoisotopic (exact) mass is 272 g/mol. The van der Waals surface area contributed by atoms with Crippen molar-refractivity contribution in [1.82, 2.24) is 9.88 Å². The molecule has 0 bridgehead atoms. The number of nitrogens with zero attached hydrogens (tertiary/aromatic N) is 2. The molecule has 1 unspecified atom stereocenters. The molecule has 0 spiro atoms. The molecule has 96 valence electrons. The van der Waals surface area contributed by atoms with Crippen LogP contribution in [0.4, 0.5) is 0 Å². The van der Waals surface area contributed by atoms with Crippen LogP contribution in [0, 0.1) is 13.8 Å². The van der Waals surface area contributed by atoms with Crippen molar-refractivity contribution in [3.05, 3.63) is 15.6 Å². The van der Waals surface area contributed by atoms with Gasteiger partial charge in [-0.25, -0.2) is 4.98 Å². The maximum absolute atomic E-state index is 11.6. The Morgan fingerprint density at radius 1 is 1.47 bits per heavy atom. The van der Waals surface area contributed by atoms with E-state index < -0.39 is 10.8 Å². The molecule has 2 heterocycles. The third-order valence-corrected chi connectivity index (χ3v) is 5.89. The second-order valence-corrected chi connectivity index (χ2v) is 8.24. The summed E-state index contributed by atoms with van der Waals surface area (Å²) in [5.41, 5.74) is 1.21. The van der Waals surface area contributed by atoms with Crippen molar-refractivity contribution in [1.29, 1.82) is 0 Å². The van der Waals surface area contributed by atoms with Gasteiger partial charge < -0.3 is 0 Å². The number of rotatable bonds is 2. The van der Waals surface area contributed by atoms with Crippen LogP contribution in [0.15, 0.2) is 0 Å². The topological polar surface area (TPSA) is 33.2 Å². The minimum absolute atomic E-state index is 0.0209. The molecule has 1 atom stereocenters. The highest BCUT2D eigenvalue weighted by atomic mass is 32.2. The molecular formula is C12H20N2OS2. The minimum atomic E-state index is -0.648. The van der Waals surface area contributed by atoms with Gasteiger partial charge in [-0.05, 0) is 27.7 Å². The average Bonchev–Trinajstić information content (AvgIpc) is 2.49. The van der Waals surface area contributed by atoms with E-state index in [0.717, 1.165) is 29.6 Å². The van der Waals surface area contributed by atoms with Crippen molar-refractivity contribution < 1.29 is 4.21 Å². The molecule has 0 aromatic carbocycles. The minimum Gasteiger partial charge on any atom is -0.291 e. The molecule has 1 saturated heterocycles. The first-order chi connectivity index (χ1) is 7.88. The molecular weight excluding hydrogens is 252 g/mol. The lowest BCUT2D eigenvalue weighted by Gasteiger charge is -2.41. The predicted molar refractivity (Wildman–Crippen MR) is 74.0 cm³/mol. The fraction of sp³-hybridized carbons (Fsp3) is 0.750. The fourth-order valence-electron chi connectivity index (χ4n) is 2.26. The molecule has 0 N–H and O–H groups in total. The van der Waals surface area contributed by atoms with E-state index in [1.54, 1.807) is 11.3 Å². The second-order valence-electron chi connectivity index (χ2n) is 5.26. The van der Waals surface area contributed by atoms with Gasteiger partial charge in [0, 0.05) is 45.8 Å². The van der Waals surface area contributed by atoms with Gasteiger partial charge in [-0.1, -0.05) is 0 Å². The third kappa shape index (κ3) is 2.95. The van der Waals surface area contributed by atoms with E-state index >= 15 is 0 Å². The van der Waals surface area contributed by atoms with Crippen LogP contribution in [0.5, 0.6) is 0 Å². The Bertz CT molecular complexity index is 440. The summed E-state index contributed by atoms with van der Waals surface area (Å²) in [6, 6.07) is 0. The zero-order valence-corrected chi connectivity index (χ0v) is 12.6. The smallest absolute Gasteiger partial charge is 0.0900 e. The Morgan fingerprint density at radius 2 is 2.18 bits per heavy atom. The molecule has 0 radical (unpaired) electrons. The number of aryl methyl sites for hydroxylation is 2. The summed E-state index contributed by atoms with van der Waals surface area (Å²) < 4.78 is 11.6. The molecule has 0 saturated carbocycles. The third-order valence-electron chi connectivity index (χ3n) is 3.30. The number of hydrogen-bond donors (Lipinski definition) is 0. The maximum atomic E-state index is 11.6. The van der Waals surface area contributed by atoms with Crippen LogP contribution >= 0.6 is 11.3 Å². The lowest BCUT2D eigenvalue weighted by Crippen LogP contribution is -2.53. The van der Waals surface area contributed by atoms with Crippen molar-refractivity contribution in [2.45, 2.75) is 39.8 Å². The van der Waals surface area contributed by atoms with E-state index in [2.05, 4.69) is 37.6 Å². The molecule has 1 fully saturated rings. The van der Waals surface area contributed by atoms with Gasteiger partial charge in [0.05, 0.1) is 10.7 Å². The first kappa shape index (κ1) is 13.2. The molecule has 0 amide bonds. The Morgan fingerprint density at radius 3 is 2.71 bits per heavy atom.